The van der Waals surface area contributed by atoms with Gasteiger partial charge in [0.1, 0.15) is 0 Å². The number of amides is 1. The summed E-state index contributed by atoms with van der Waals surface area (Å²) in [6, 6.07) is 4.09. The quantitative estimate of drug-likeness (QED) is 0.825. The third kappa shape index (κ3) is 3.82. The molecule has 0 heterocycles. The molecular formula is C14H15F3N2O. The highest BCUT2D eigenvalue weighted by Crippen LogP contribution is 2.29. The molecule has 1 fully saturated rings. The van der Waals surface area contributed by atoms with Crippen molar-refractivity contribution in [2.45, 2.75) is 38.3 Å². The van der Waals surface area contributed by atoms with Crippen LogP contribution >= 0.6 is 0 Å². The van der Waals surface area contributed by atoms with E-state index < -0.39 is 17.6 Å². The molecule has 0 radical (unpaired) electrons. The number of nitrogens with one attached hydrogen (secondary N) is 1. The molecule has 2 rings (SSSR count). The van der Waals surface area contributed by atoms with Crippen LogP contribution in [0.5, 0.6) is 0 Å². The summed E-state index contributed by atoms with van der Waals surface area (Å²) in [4.78, 5) is 11.7. The van der Waals surface area contributed by atoms with Crippen molar-refractivity contribution in [3.8, 4) is 0 Å². The van der Waals surface area contributed by atoms with E-state index in [0.29, 0.717) is 0 Å². The van der Waals surface area contributed by atoms with Crippen LogP contribution < -0.4 is 5.43 Å². The summed E-state index contributed by atoms with van der Waals surface area (Å²) in [7, 11) is 0. The van der Waals surface area contributed by atoms with Gasteiger partial charge in [-0.2, -0.15) is 18.3 Å². The van der Waals surface area contributed by atoms with E-state index in [9.17, 15) is 18.0 Å². The first kappa shape index (κ1) is 14.6. The summed E-state index contributed by atoms with van der Waals surface area (Å²) >= 11 is 0. The molecule has 1 aliphatic rings. The molecule has 1 N–H and O–H groups in total. The van der Waals surface area contributed by atoms with Gasteiger partial charge in [-0.15, -0.1) is 0 Å². The lowest BCUT2D eigenvalue weighted by Crippen LogP contribution is -2.20. The highest BCUT2D eigenvalue weighted by Gasteiger charge is 2.30. The van der Waals surface area contributed by atoms with E-state index >= 15 is 0 Å². The fourth-order valence-electron chi connectivity index (χ4n) is 2.08. The molecule has 1 saturated carbocycles. The van der Waals surface area contributed by atoms with Crippen molar-refractivity contribution in [2.24, 2.45) is 5.10 Å². The fourth-order valence-corrected chi connectivity index (χ4v) is 2.08. The second-order valence-corrected chi connectivity index (χ2v) is 4.75. The first-order chi connectivity index (χ1) is 9.47. The molecule has 1 aromatic rings. The molecule has 3 nitrogen and oxygen atoms in total. The summed E-state index contributed by atoms with van der Waals surface area (Å²) in [5.41, 5.74) is 2.73. The minimum absolute atomic E-state index is 0.165. The van der Waals surface area contributed by atoms with Gasteiger partial charge in [0.05, 0.1) is 5.56 Å². The molecule has 0 atom stereocenters. The predicted octanol–water partition coefficient (Wildman–Crippen LogP) is 3.76. The Bertz CT molecular complexity index is 498. The number of hydrazone groups is 1. The number of carbonyl (C=O) groups excluding carboxylic acids is 1. The van der Waals surface area contributed by atoms with Crippen LogP contribution in [-0.2, 0) is 6.18 Å². The van der Waals surface area contributed by atoms with Crippen LogP contribution in [0.15, 0.2) is 29.4 Å². The zero-order valence-corrected chi connectivity index (χ0v) is 10.8. The molecule has 6 heteroatoms. The van der Waals surface area contributed by atoms with Gasteiger partial charge >= 0.3 is 6.18 Å². The SMILES string of the molecule is O=C(NN=C1CCCCC1)c1ccc(C(F)(F)F)cc1. The Balaban J connectivity index is 1.99. The largest absolute Gasteiger partial charge is 0.416 e. The normalized spacial score (nSPS) is 15.8. The van der Waals surface area contributed by atoms with E-state index in [-0.39, 0.29) is 5.56 Å². The molecule has 1 aromatic carbocycles. The molecular weight excluding hydrogens is 269 g/mol. The van der Waals surface area contributed by atoms with Gasteiger partial charge in [-0.3, -0.25) is 4.79 Å². The first-order valence-corrected chi connectivity index (χ1v) is 6.50. The van der Waals surface area contributed by atoms with E-state index in [1.807, 2.05) is 0 Å². The van der Waals surface area contributed by atoms with Crippen LogP contribution in [-0.4, -0.2) is 11.6 Å². The zero-order chi connectivity index (χ0) is 14.6. The third-order valence-electron chi connectivity index (χ3n) is 3.22. The van der Waals surface area contributed by atoms with Crippen LogP contribution in [0.2, 0.25) is 0 Å². The van der Waals surface area contributed by atoms with Crippen molar-refractivity contribution in [2.75, 3.05) is 0 Å². The molecule has 0 aromatic heterocycles. The lowest BCUT2D eigenvalue weighted by atomic mass is 9.99. The van der Waals surface area contributed by atoms with Crippen molar-refractivity contribution < 1.29 is 18.0 Å². The number of hydrogen-bond acceptors (Lipinski definition) is 2. The highest BCUT2D eigenvalue weighted by molar-refractivity contribution is 5.95. The lowest BCUT2D eigenvalue weighted by Gasteiger charge is -2.12. The number of carbonyl (C=O) groups is 1. The van der Waals surface area contributed by atoms with Crippen molar-refractivity contribution in [3.63, 3.8) is 0 Å². The molecule has 20 heavy (non-hydrogen) atoms. The Morgan fingerprint density at radius 3 is 2.20 bits per heavy atom. The van der Waals surface area contributed by atoms with Crippen molar-refractivity contribution in [1.82, 2.24) is 5.43 Å². The summed E-state index contributed by atoms with van der Waals surface area (Å²) in [6.45, 7) is 0. The van der Waals surface area contributed by atoms with Gasteiger partial charge in [-0.05, 0) is 49.9 Å². The Morgan fingerprint density at radius 1 is 1.05 bits per heavy atom. The fraction of sp³-hybridized carbons (Fsp3) is 0.429. The second kappa shape index (κ2) is 6.07. The minimum atomic E-state index is -4.39. The lowest BCUT2D eigenvalue weighted by molar-refractivity contribution is -0.137. The Morgan fingerprint density at radius 2 is 1.65 bits per heavy atom. The van der Waals surface area contributed by atoms with Crippen LogP contribution in [0.1, 0.15) is 48.0 Å². The van der Waals surface area contributed by atoms with Crippen molar-refractivity contribution >= 4 is 11.6 Å². The van der Waals surface area contributed by atoms with Crippen LogP contribution in [0.25, 0.3) is 0 Å². The Kier molecular flexibility index (Phi) is 4.42. The maximum atomic E-state index is 12.4. The van der Waals surface area contributed by atoms with Gasteiger partial charge < -0.3 is 0 Å². The number of nitrogens with zero attached hydrogens (tertiary/aromatic N) is 1. The number of rotatable bonds is 2. The first-order valence-electron chi connectivity index (χ1n) is 6.50. The molecule has 0 unspecified atom stereocenters. The molecule has 0 saturated heterocycles. The van der Waals surface area contributed by atoms with Gasteiger partial charge in [-0.1, -0.05) is 6.42 Å². The zero-order valence-electron chi connectivity index (χ0n) is 10.8. The molecule has 0 aliphatic heterocycles. The topological polar surface area (TPSA) is 41.5 Å². The number of hydrogen-bond donors (Lipinski definition) is 1. The summed E-state index contributed by atoms with van der Waals surface area (Å²) in [5, 5.41) is 4.03. The average molecular weight is 284 g/mol. The van der Waals surface area contributed by atoms with Crippen LogP contribution in [0.4, 0.5) is 13.2 Å². The van der Waals surface area contributed by atoms with E-state index in [1.165, 1.54) is 6.42 Å². The smallest absolute Gasteiger partial charge is 0.267 e. The molecule has 108 valence electrons. The van der Waals surface area contributed by atoms with E-state index in [0.717, 1.165) is 55.7 Å². The molecule has 1 amide bonds. The molecule has 0 bridgehead atoms. The molecule has 1 aliphatic carbocycles. The van der Waals surface area contributed by atoms with Crippen molar-refractivity contribution in [1.29, 1.82) is 0 Å². The monoisotopic (exact) mass is 284 g/mol. The number of alkyl halides is 3. The van der Waals surface area contributed by atoms with Crippen molar-refractivity contribution in [3.05, 3.63) is 35.4 Å². The van der Waals surface area contributed by atoms with Gasteiger partial charge in [-0.25, -0.2) is 5.43 Å². The van der Waals surface area contributed by atoms with Crippen LogP contribution in [0.3, 0.4) is 0 Å². The summed E-state index contributed by atoms with van der Waals surface area (Å²) < 4.78 is 37.2. The standard InChI is InChI=1S/C14H15F3N2O/c15-14(16,17)11-8-6-10(7-9-11)13(20)19-18-12-4-2-1-3-5-12/h6-9H,1-5H2,(H,19,20). The predicted molar refractivity (Wildman–Crippen MR) is 69.4 cm³/mol. The maximum absolute atomic E-state index is 12.4. The summed E-state index contributed by atoms with van der Waals surface area (Å²) in [6.07, 6.45) is 0.647. The second-order valence-electron chi connectivity index (χ2n) is 4.75. The van der Waals surface area contributed by atoms with Gasteiger partial charge in [0.2, 0.25) is 0 Å². The Labute approximate surface area is 114 Å². The summed E-state index contributed by atoms with van der Waals surface area (Å²) in [5.74, 6) is -0.489. The molecule has 0 spiro atoms. The minimum Gasteiger partial charge on any atom is -0.267 e. The average Bonchev–Trinajstić information content (AvgIpc) is 2.45. The number of halogens is 3. The van der Waals surface area contributed by atoms with Gasteiger partial charge in [0.15, 0.2) is 0 Å². The van der Waals surface area contributed by atoms with Gasteiger partial charge in [0, 0.05) is 11.3 Å². The maximum Gasteiger partial charge on any atom is 0.416 e. The third-order valence-corrected chi connectivity index (χ3v) is 3.22. The number of benzene rings is 1. The van der Waals surface area contributed by atoms with E-state index in [1.54, 1.807) is 0 Å². The van der Waals surface area contributed by atoms with Crippen LogP contribution in [0, 0.1) is 0 Å². The van der Waals surface area contributed by atoms with E-state index in [4.69, 9.17) is 0 Å². The Hall–Kier alpha value is -1.85. The van der Waals surface area contributed by atoms with Gasteiger partial charge in [0.25, 0.3) is 5.91 Å². The highest BCUT2D eigenvalue weighted by atomic mass is 19.4. The van der Waals surface area contributed by atoms with E-state index in [2.05, 4.69) is 10.5 Å².